The molecule has 1 aromatic carbocycles. The number of nitriles is 1. The van der Waals surface area contributed by atoms with E-state index in [4.69, 9.17) is 0 Å². The van der Waals surface area contributed by atoms with E-state index in [0.717, 1.165) is 28.6 Å². The van der Waals surface area contributed by atoms with Gasteiger partial charge in [-0.1, -0.05) is 24.3 Å². The summed E-state index contributed by atoms with van der Waals surface area (Å²) in [5, 5.41) is 13.8. The molecule has 140 valence electrons. The van der Waals surface area contributed by atoms with Crippen LogP contribution in [0.15, 0.2) is 54.7 Å². The minimum absolute atomic E-state index is 0.238. The maximum Gasteiger partial charge on any atom is 0.323 e. The van der Waals surface area contributed by atoms with Crippen molar-refractivity contribution < 1.29 is 4.79 Å². The number of nitrogens with zero attached hydrogens (tertiary/aromatic N) is 4. The highest BCUT2D eigenvalue weighted by atomic mass is 16.2. The first kappa shape index (κ1) is 17.9. The van der Waals surface area contributed by atoms with Crippen molar-refractivity contribution in [1.29, 1.82) is 5.26 Å². The van der Waals surface area contributed by atoms with E-state index < -0.39 is 5.41 Å². The van der Waals surface area contributed by atoms with Crippen molar-refractivity contribution in [2.75, 3.05) is 18.4 Å². The number of aryl methyl sites for hydroxylation is 1. The van der Waals surface area contributed by atoms with E-state index in [1.165, 1.54) is 0 Å². The van der Waals surface area contributed by atoms with Crippen LogP contribution in [0.25, 0.3) is 10.9 Å². The fraction of sp³-hybridized carbons (Fsp3) is 0.273. The zero-order valence-electron chi connectivity index (χ0n) is 15.7. The lowest BCUT2D eigenvalue weighted by molar-refractivity contribution is 0.177. The van der Waals surface area contributed by atoms with Crippen molar-refractivity contribution in [3.05, 3.63) is 66.0 Å². The van der Waals surface area contributed by atoms with Crippen LogP contribution in [0.5, 0.6) is 0 Å². The average molecular weight is 371 g/mol. The summed E-state index contributed by atoms with van der Waals surface area (Å²) in [6.45, 7) is 2.93. The van der Waals surface area contributed by atoms with Gasteiger partial charge < -0.3 is 4.90 Å². The third-order valence-corrected chi connectivity index (χ3v) is 5.31. The molecule has 1 atom stereocenters. The van der Waals surface area contributed by atoms with Crippen molar-refractivity contribution in [2.24, 2.45) is 0 Å². The summed E-state index contributed by atoms with van der Waals surface area (Å²) in [5.41, 5.74) is 1.84. The molecule has 0 saturated carbocycles. The molecular weight excluding hydrogens is 350 g/mol. The Morgan fingerprint density at radius 3 is 2.86 bits per heavy atom. The first-order valence-electron chi connectivity index (χ1n) is 9.36. The molecule has 0 radical (unpaired) electrons. The van der Waals surface area contributed by atoms with E-state index in [9.17, 15) is 10.1 Å². The molecule has 1 aliphatic heterocycles. The molecule has 3 aromatic rings. The molecule has 28 heavy (non-hydrogen) atoms. The second-order valence-electron chi connectivity index (χ2n) is 7.21. The van der Waals surface area contributed by atoms with Gasteiger partial charge in [0, 0.05) is 24.7 Å². The maximum absolute atomic E-state index is 12.9. The number of anilines is 1. The summed E-state index contributed by atoms with van der Waals surface area (Å²) in [6, 6.07) is 17.5. The molecule has 0 aliphatic carbocycles. The molecule has 6 nitrogen and oxygen atoms in total. The van der Waals surface area contributed by atoms with Gasteiger partial charge in [0.2, 0.25) is 0 Å². The SMILES string of the molecule is Cc1cc(NC(=O)N2CCCC(C#N)(c3ccccn3)C2)nc2ccccc12. The Bertz CT molecular complexity index is 1060. The largest absolute Gasteiger partial charge is 0.323 e. The Morgan fingerprint density at radius 1 is 1.25 bits per heavy atom. The number of hydrogen-bond acceptors (Lipinski definition) is 4. The van der Waals surface area contributed by atoms with E-state index in [2.05, 4.69) is 21.4 Å². The van der Waals surface area contributed by atoms with Gasteiger partial charge in [0.25, 0.3) is 0 Å². The number of urea groups is 1. The van der Waals surface area contributed by atoms with Gasteiger partial charge >= 0.3 is 6.03 Å². The number of hydrogen-bond donors (Lipinski definition) is 1. The van der Waals surface area contributed by atoms with Crippen molar-refractivity contribution in [2.45, 2.75) is 25.2 Å². The summed E-state index contributed by atoms with van der Waals surface area (Å²) in [6.07, 6.45) is 3.13. The van der Waals surface area contributed by atoms with Crippen molar-refractivity contribution in [1.82, 2.24) is 14.9 Å². The van der Waals surface area contributed by atoms with E-state index in [1.54, 1.807) is 11.1 Å². The van der Waals surface area contributed by atoms with Crippen molar-refractivity contribution in [3.63, 3.8) is 0 Å². The van der Waals surface area contributed by atoms with Gasteiger partial charge in [-0.2, -0.15) is 5.26 Å². The lowest BCUT2D eigenvalue weighted by Gasteiger charge is -2.37. The molecule has 1 aliphatic rings. The number of benzene rings is 1. The maximum atomic E-state index is 12.9. The number of likely N-dealkylation sites (tertiary alicyclic amines) is 1. The van der Waals surface area contributed by atoms with Crippen molar-refractivity contribution in [3.8, 4) is 6.07 Å². The third-order valence-electron chi connectivity index (χ3n) is 5.31. The monoisotopic (exact) mass is 371 g/mol. The number of pyridine rings is 2. The predicted molar refractivity (Wildman–Crippen MR) is 108 cm³/mol. The van der Waals surface area contributed by atoms with Gasteiger partial charge in [-0.15, -0.1) is 0 Å². The number of aromatic nitrogens is 2. The number of fused-ring (bicyclic) bond motifs is 1. The number of para-hydroxylation sites is 1. The minimum Gasteiger partial charge on any atom is -0.322 e. The molecule has 4 rings (SSSR count). The molecular formula is C22H21N5O. The highest BCUT2D eigenvalue weighted by Crippen LogP contribution is 2.32. The smallest absolute Gasteiger partial charge is 0.322 e. The first-order valence-corrected chi connectivity index (χ1v) is 9.36. The van der Waals surface area contributed by atoms with Crippen LogP contribution in [0.3, 0.4) is 0 Å². The Balaban J connectivity index is 1.56. The topological polar surface area (TPSA) is 81.9 Å². The van der Waals surface area contributed by atoms with Crippen LogP contribution in [0, 0.1) is 18.3 Å². The lowest BCUT2D eigenvalue weighted by atomic mass is 9.78. The summed E-state index contributed by atoms with van der Waals surface area (Å²) in [4.78, 5) is 23.5. The van der Waals surface area contributed by atoms with Gasteiger partial charge in [-0.05, 0) is 49.6 Å². The molecule has 0 bridgehead atoms. The number of nitrogens with one attached hydrogen (secondary N) is 1. The molecule has 3 heterocycles. The molecule has 1 fully saturated rings. The fourth-order valence-electron chi connectivity index (χ4n) is 3.83. The highest BCUT2D eigenvalue weighted by Gasteiger charge is 2.40. The van der Waals surface area contributed by atoms with Crippen LogP contribution in [-0.4, -0.2) is 34.0 Å². The van der Waals surface area contributed by atoms with Crippen LogP contribution < -0.4 is 5.32 Å². The lowest BCUT2D eigenvalue weighted by Crippen LogP contribution is -2.49. The Hall–Kier alpha value is -3.46. The van der Waals surface area contributed by atoms with Crippen LogP contribution >= 0.6 is 0 Å². The molecule has 1 N–H and O–H groups in total. The van der Waals surface area contributed by atoms with Crippen LogP contribution in [0.2, 0.25) is 0 Å². The van der Waals surface area contributed by atoms with E-state index in [0.29, 0.717) is 25.3 Å². The van der Waals surface area contributed by atoms with Gasteiger partial charge in [0.05, 0.1) is 17.3 Å². The number of amides is 2. The second kappa shape index (κ2) is 7.28. The average Bonchev–Trinajstić information content (AvgIpc) is 2.74. The molecule has 1 unspecified atom stereocenters. The Kier molecular flexibility index (Phi) is 4.66. The predicted octanol–water partition coefficient (Wildman–Crippen LogP) is 4.03. The number of rotatable bonds is 2. The van der Waals surface area contributed by atoms with Crippen LogP contribution in [0.4, 0.5) is 10.6 Å². The Labute approximate surface area is 163 Å². The van der Waals surface area contributed by atoms with Gasteiger partial charge in [-0.25, -0.2) is 9.78 Å². The summed E-state index contributed by atoms with van der Waals surface area (Å²) < 4.78 is 0. The third kappa shape index (κ3) is 3.27. The minimum atomic E-state index is -0.774. The molecule has 6 heteroatoms. The molecule has 0 spiro atoms. The molecule has 2 amide bonds. The highest BCUT2D eigenvalue weighted by molar-refractivity contribution is 5.91. The summed E-state index contributed by atoms with van der Waals surface area (Å²) >= 11 is 0. The van der Waals surface area contributed by atoms with E-state index in [-0.39, 0.29) is 6.03 Å². The summed E-state index contributed by atoms with van der Waals surface area (Å²) in [7, 11) is 0. The van der Waals surface area contributed by atoms with E-state index in [1.807, 2.05) is 55.5 Å². The molecule has 1 saturated heterocycles. The quantitative estimate of drug-likeness (QED) is 0.737. The zero-order chi connectivity index (χ0) is 19.6. The number of carbonyl (C=O) groups is 1. The van der Waals surface area contributed by atoms with E-state index >= 15 is 0 Å². The Morgan fingerprint density at radius 2 is 2.07 bits per heavy atom. The molecule has 2 aromatic heterocycles. The first-order chi connectivity index (χ1) is 13.6. The standard InChI is InChI=1S/C22H21N5O/c1-16-13-20(25-18-8-3-2-7-17(16)18)26-21(28)27-12-6-10-22(14-23,15-27)19-9-4-5-11-24-19/h2-5,7-9,11,13H,6,10,12,15H2,1H3,(H,25,26,28). The second-order valence-corrected chi connectivity index (χ2v) is 7.21. The summed E-state index contributed by atoms with van der Waals surface area (Å²) in [5.74, 6) is 0.521. The zero-order valence-corrected chi connectivity index (χ0v) is 15.7. The van der Waals surface area contributed by atoms with Crippen LogP contribution in [0.1, 0.15) is 24.1 Å². The van der Waals surface area contributed by atoms with Gasteiger partial charge in [0.15, 0.2) is 0 Å². The fourth-order valence-corrected chi connectivity index (χ4v) is 3.83. The van der Waals surface area contributed by atoms with Crippen molar-refractivity contribution >= 4 is 22.8 Å². The van der Waals surface area contributed by atoms with Crippen LogP contribution in [-0.2, 0) is 5.41 Å². The van der Waals surface area contributed by atoms with Gasteiger partial charge in [0.1, 0.15) is 11.2 Å². The number of piperidine rings is 1. The van der Waals surface area contributed by atoms with Gasteiger partial charge in [-0.3, -0.25) is 10.3 Å². The number of carbonyl (C=O) groups excluding carboxylic acids is 1. The normalized spacial score (nSPS) is 19.2.